The average Bonchev–Trinajstić information content (AvgIpc) is 3.67. The van der Waals surface area contributed by atoms with Gasteiger partial charge in [0.15, 0.2) is 11.6 Å². The zero-order chi connectivity index (χ0) is 34.7. The Balaban J connectivity index is 1.41. The first-order chi connectivity index (χ1) is 22.5. The maximum Gasteiger partial charge on any atom is 0.414 e. The van der Waals surface area contributed by atoms with Crippen molar-refractivity contribution in [3.63, 3.8) is 0 Å². The molecule has 14 nitrogen and oxygen atoms in total. The largest absolute Gasteiger partial charge is 0.444 e. The molecule has 1 saturated heterocycles. The number of aliphatic hydroxyl groups is 1. The summed E-state index contributed by atoms with van der Waals surface area (Å²) in [5.74, 6) is 0.569. The number of carbonyl (C=O) groups is 2. The molecular weight excluding hydrogens is 623 g/mol. The summed E-state index contributed by atoms with van der Waals surface area (Å²) in [5, 5.41) is 13.9. The van der Waals surface area contributed by atoms with Gasteiger partial charge in [0.2, 0.25) is 0 Å². The summed E-state index contributed by atoms with van der Waals surface area (Å²) in [6, 6.07) is 2.58. The van der Waals surface area contributed by atoms with Crippen LogP contribution < -0.4 is 19.9 Å². The third kappa shape index (κ3) is 6.77. The zero-order valence-corrected chi connectivity index (χ0v) is 28.3. The van der Waals surface area contributed by atoms with Gasteiger partial charge in [-0.2, -0.15) is 9.97 Å². The van der Waals surface area contributed by atoms with Gasteiger partial charge in [-0.1, -0.05) is 0 Å². The monoisotopic (exact) mass is 664 g/mol. The van der Waals surface area contributed by atoms with E-state index in [0.29, 0.717) is 40.7 Å². The molecule has 2 aliphatic rings. The highest BCUT2D eigenvalue weighted by Crippen LogP contribution is 2.45. The third-order valence-corrected chi connectivity index (χ3v) is 8.24. The highest BCUT2D eigenvalue weighted by Gasteiger charge is 2.47. The first kappa shape index (κ1) is 33.1. The Morgan fingerprint density at radius 1 is 1.08 bits per heavy atom. The number of nitrogens with zero attached hydrogens (tertiary/aromatic N) is 6. The van der Waals surface area contributed by atoms with E-state index in [0.717, 1.165) is 6.42 Å². The van der Waals surface area contributed by atoms with E-state index in [1.165, 1.54) is 36.5 Å². The first-order valence-electron chi connectivity index (χ1n) is 15.9. The second kappa shape index (κ2) is 12.0. The minimum atomic E-state index is -0.850. The highest BCUT2D eigenvalue weighted by atomic mass is 19.1. The molecule has 2 bridgehead atoms. The number of ether oxygens (including phenoxy) is 3. The molecule has 48 heavy (non-hydrogen) atoms. The smallest absolute Gasteiger partial charge is 0.414 e. The number of H-pyrrole nitrogens is 1. The van der Waals surface area contributed by atoms with Crippen molar-refractivity contribution < 1.29 is 33.3 Å². The Bertz CT molecular complexity index is 1870. The number of piperidine rings is 1. The molecule has 2 fully saturated rings. The number of aromatic nitrogens is 5. The molecule has 2 amide bonds. The van der Waals surface area contributed by atoms with E-state index < -0.39 is 35.3 Å². The molecule has 0 radical (unpaired) electrons. The molecule has 1 aliphatic carbocycles. The van der Waals surface area contributed by atoms with Crippen molar-refractivity contribution >= 4 is 45.6 Å². The number of hydrogen-bond donors (Lipinski definition) is 3. The summed E-state index contributed by atoms with van der Waals surface area (Å²) in [5.41, 5.74) is -0.282. The lowest BCUT2D eigenvalue weighted by atomic mass is 10.0. The van der Waals surface area contributed by atoms with E-state index in [-0.39, 0.29) is 41.3 Å². The lowest BCUT2D eigenvalue weighted by Gasteiger charge is -2.33. The van der Waals surface area contributed by atoms with Crippen molar-refractivity contribution in [3.05, 3.63) is 36.2 Å². The van der Waals surface area contributed by atoms with Crippen LogP contribution in [0.2, 0.25) is 0 Å². The number of rotatable bonds is 6. The predicted molar refractivity (Wildman–Crippen MR) is 176 cm³/mol. The second-order valence-corrected chi connectivity index (χ2v) is 14.4. The van der Waals surface area contributed by atoms with Crippen LogP contribution in [0.3, 0.4) is 0 Å². The van der Waals surface area contributed by atoms with Crippen LogP contribution in [-0.4, -0.2) is 79.1 Å². The van der Waals surface area contributed by atoms with Gasteiger partial charge in [-0.3, -0.25) is 4.90 Å². The van der Waals surface area contributed by atoms with Gasteiger partial charge in [-0.15, -0.1) is 0 Å². The van der Waals surface area contributed by atoms with E-state index in [9.17, 15) is 14.7 Å². The van der Waals surface area contributed by atoms with E-state index in [1.54, 1.807) is 27.7 Å². The summed E-state index contributed by atoms with van der Waals surface area (Å²) in [6.45, 7) is 12.9. The number of fused-ring (bicyclic) bond motifs is 5. The molecule has 3 aromatic heterocycles. The normalized spacial score (nSPS) is 19.9. The maximum absolute atomic E-state index is 15.3. The molecule has 1 saturated carbocycles. The SMILES string of the molecule is CC(O)c1ncc(Oc2nc(N3C[C@H]4C[C@@H]3C[C@H]4NC(=O)OC(C)(C)C)c3c(n2)[nH]c2c(N(C)C(=O)OC(C)(C)C)cc(F)cc23)cn1. The number of amides is 2. The van der Waals surface area contributed by atoms with E-state index >= 15 is 4.39 Å². The van der Waals surface area contributed by atoms with E-state index in [4.69, 9.17) is 19.2 Å². The van der Waals surface area contributed by atoms with E-state index in [1.807, 2.05) is 20.8 Å². The minimum absolute atomic E-state index is 0.00817. The molecule has 3 N–H and O–H groups in total. The van der Waals surface area contributed by atoms with Gasteiger partial charge in [0, 0.05) is 31.1 Å². The summed E-state index contributed by atoms with van der Waals surface area (Å²) in [7, 11) is 1.52. The Kier molecular flexibility index (Phi) is 8.30. The molecule has 0 spiro atoms. The van der Waals surface area contributed by atoms with Crippen molar-refractivity contribution in [1.29, 1.82) is 0 Å². The van der Waals surface area contributed by atoms with Crippen LogP contribution >= 0.6 is 0 Å². The molecule has 1 unspecified atom stereocenters. The molecular formula is C33H41FN8O6. The summed E-state index contributed by atoms with van der Waals surface area (Å²) in [6.07, 6.45) is 2.35. The topological polar surface area (TPSA) is 168 Å². The number of anilines is 2. The van der Waals surface area contributed by atoms with Crippen LogP contribution in [0, 0.1) is 11.7 Å². The Morgan fingerprint density at radius 2 is 1.77 bits per heavy atom. The lowest BCUT2D eigenvalue weighted by Crippen LogP contribution is -2.47. The fourth-order valence-electron chi connectivity index (χ4n) is 6.30. The van der Waals surface area contributed by atoms with Crippen molar-refractivity contribution in [2.24, 2.45) is 5.92 Å². The van der Waals surface area contributed by atoms with Gasteiger partial charge < -0.3 is 34.5 Å². The van der Waals surface area contributed by atoms with Gasteiger partial charge in [-0.05, 0) is 79.4 Å². The fraction of sp³-hybridized carbons (Fsp3) is 0.515. The third-order valence-electron chi connectivity index (χ3n) is 8.24. The molecule has 6 rings (SSSR count). The van der Waals surface area contributed by atoms with Crippen LogP contribution in [0.25, 0.3) is 21.9 Å². The first-order valence-corrected chi connectivity index (χ1v) is 15.9. The lowest BCUT2D eigenvalue weighted by molar-refractivity contribution is 0.0490. The predicted octanol–water partition coefficient (Wildman–Crippen LogP) is 5.75. The fourth-order valence-corrected chi connectivity index (χ4v) is 6.30. The van der Waals surface area contributed by atoms with Crippen LogP contribution in [0.1, 0.15) is 73.2 Å². The van der Waals surface area contributed by atoms with Gasteiger partial charge in [0.25, 0.3) is 0 Å². The number of benzene rings is 1. The van der Waals surface area contributed by atoms with Crippen molar-refractivity contribution in [2.45, 2.75) is 90.7 Å². The van der Waals surface area contributed by atoms with E-state index in [2.05, 4.69) is 30.2 Å². The number of nitrogens with one attached hydrogen (secondary N) is 2. The molecule has 15 heteroatoms. The van der Waals surface area contributed by atoms with Crippen LogP contribution in [0.5, 0.6) is 11.8 Å². The number of aromatic amines is 1. The minimum Gasteiger partial charge on any atom is -0.444 e. The van der Waals surface area contributed by atoms with Crippen molar-refractivity contribution in [2.75, 3.05) is 23.4 Å². The maximum atomic E-state index is 15.3. The molecule has 1 aromatic carbocycles. The van der Waals surface area contributed by atoms with Crippen molar-refractivity contribution in [1.82, 2.24) is 30.2 Å². The Hall–Kier alpha value is -4.79. The van der Waals surface area contributed by atoms with Gasteiger partial charge >= 0.3 is 18.2 Å². The summed E-state index contributed by atoms with van der Waals surface area (Å²) < 4.78 is 32.4. The second-order valence-electron chi connectivity index (χ2n) is 14.4. The zero-order valence-electron chi connectivity index (χ0n) is 28.3. The number of aliphatic hydroxyl groups excluding tert-OH is 1. The van der Waals surface area contributed by atoms with Crippen LogP contribution in [-0.2, 0) is 9.47 Å². The quantitative estimate of drug-likeness (QED) is 0.230. The van der Waals surface area contributed by atoms with Gasteiger partial charge in [-0.25, -0.2) is 23.9 Å². The standard InChI is InChI=1S/C33H41FN8O6/c1-16(43)26-35-13-20(14-36-26)46-29-39-27-24(21-10-18(34)11-23(25(21)38-27)41(8)31(45)48-33(5,6)7)28(40-29)42-15-17-9-19(42)12-22(17)37-30(44)47-32(2,3)4/h10-11,13-14,16-17,19,22,43H,9,12,15H2,1-8H3,(H,37,44)(H,38,39,40)/t16?,17-,19-,22-/m1/s1. The number of alkyl carbamates (subject to hydrolysis) is 1. The summed E-state index contributed by atoms with van der Waals surface area (Å²) in [4.78, 5) is 50.0. The Morgan fingerprint density at radius 3 is 2.38 bits per heavy atom. The average molecular weight is 665 g/mol. The van der Waals surface area contributed by atoms with Crippen molar-refractivity contribution in [3.8, 4) is 11.8 Å². The highest BCUT2D eigenvalue weighted by molar-refractivity contribution is 6.16. The van der Waals surface area contributed by atoms with Gasteiger partial charge in [0.1, 0.15) is 34.6 Å². The van der Waals surface area contributed by atoms with Crippen LogP contribution in [0.4, 0.5) is 25.5 Å². The summed E-state index contributed by atoms with van der Waals surface area (Å²) >= 11 is 0. The molecule has 4 aromatic rings. The molecule has 4 heterocycles. The van der Waals surface area contributed by atoms with Crippen LogP contribution in [0.15, 0.2) is 24.5 Å². The number of carbonyl (C=O) groups excluding carboxylic acids is 2. The Labute approximate surface area is 277 Å². The molecule has 4 atom stereocenters. The number of hydrogen-bond acceptors (Lipinski definition) is 11. The molecule has 1 aliphatic heterocycles. The van der Waals surface area contributed by atoms with Gasteiger partial charge in [0.05, 0.1) is 29.0 Å². The molecule has 256 valence electrons. The number of halogens is 1.